The number of carbonyl (C=O) groups excluding carboxylic acids is 1. The Morgan fingerprint density at radius 2 is 1.88 bits per heavy atom. The highest BCUT2D eigenvalue weighted by Gasteiger charge is 2.29. The average molecular weight is 362 g/mol. The molecule has 1 aliphatic rings. The predicted molar refractivity (Wildman–Crippen MR) is 107 cm³/mol. The normalized spacial score (nSPS) is 15.8. The van der Waals surface area contributed by atoms with Crippen LogP contribution in [0.25, 0.3) is 6.08 Å². The van der Waals surface area contributed by atoms with Gasteiger partial charge < -0.3 is 15.0 Å². The number of thiocarbonyl (C=S) groups is 1. The summed E-state index contributed by atoms with van der Waals surface area (Å²) in [5, 5.41) is 3.49. The van der Waals surface area contributed by atoms with Crippen LogP contribution in [0.2, 0.25) is 0 Å². The van der Waals surface area contributed by atoms with E-state index < -0.39 is 0 Å². The zero-order chi connectivity index (χ0) is 18.2. The van der Waals surface area contributed by atoms with Crippen molar-refractivity contribution in [3.05, 3.63) is 35.5 Å². The molecular formula is C19H27N3O2S. The molecule has 1 amide bonds. The van der Waals surface area contributed by atoms with Crippen molar-refractivity contribution in [2.24, 2.45) is 0 Å². The smallest absolute Gasteiger partial charge is 0.276 e. The van der Waals surface area contributed by atoms with Crippen LogP contribution >= 0.6 is 12.2 Å². The molecule has 6 heteroatoms. The molecule has 0 saturated carbocycles. The summed E-state index contributed by atoms with van der Waals surface area (Å²) in [6, 6.07) is 8.21. The third kappa shape index (κ3) is 5.03. The van der Waals surface area contributed by atoms with Crippen molar-refractivity contribution < 1.29 is 9.53 Å². The number of carbonyl (C=O) groups is 1. The van der Waals surface area contributed by atoms with E-state index in [1.807, 2.05) is 25.1 Å². The molecule has 5 nitrogen and oxygen atoms in total. The van der Waals surface area contributed by atoms with Crippen molar-refractivity contribution in [3.63, 3.8) is 0 Å². The first-order valence-electron chi connectivity index (χ1n) is 8.88. The van der Waals surface area contributed by atoms with Gasteiger partial charge in [-0.2, -0.15) is 0 Å². The number of nitrogens with one attached hydrogen (secondary N) is 1. The number of benzene rings is 1. The second kappa shape index (κ2) is 9.53. The summed E-state index contributed by atoms with van der Waals surface area (Å²) in [6.45, 7) is 10.1. The van der Waals surface area contributed by atoms with Gasteiger partial charge in [0.1, 0.15) is 5.70 Å². The molecule has 1 aliphatic heterocycles. The van der Waals surface area contributed by atoms with Gasteiger partial charge >= 0.3 is 0 Å². The van der Waals surface area contributed by atoms with Crippen LogP contribution in [0.15, 0.2) is 30.0 Å². The SMILES string of the molecule is CCOCCCN1C(=O)/C(=C\c2ccc(N(CC)CC)cc2)NC1=S. The molecule has 0 atom stereocenters. The first kappa shape index (κ1) is 19.4. The average Bonchev–Trinajstić information content (AvgIpc) is 2.88. The van der Waals surface area contributed by atoms with E-state index in [-0.39, 0.29) is 5.91 Å². The standard InChI is InChI=1S/C19H27N3O2S/c1-4-21(5-2)16-10-8-15(9-11-16)14-17-18(23)22(19(25)20-17)12-7-13-24-6-3/h8-11,14H,4-7,12-13H2,1-3H3,(H,20,25)/b17-14+. The summed E-state index contributed by atoms with van der Waals surface area (Å²) in [5.74, 6) is -0.0747. The monoisotopic (exact) mass is 361 g/mol. The molecule has 136 valence electrons. The highest BCUT2D eigenvalue weighted by atomic mass is 32.1. The van der Waals surface area contributed by atoms with E-state index in [0.29, 0.717) is 30.6 Å². The summed E-state index contributed by atoms with van der Waals surface area (Å²) < 4.78 is 5.31. The first-order valence-corrected chi connectivity index (χ1v) is 9.28. The van der Waals surface area contributed by atoms with Crippen molar-refractivity contribution >= 4 is 35.0 Å². The molecule has 0 aromatic heterocycles. The van der Waals surface area contributed by atoms with Crippen molar-refractivity contribution in [2.45, 2.75) is 27.2 Å². The number of anilines is 1. The van der Waals surface area contributed by atoms with Gasteiger partial charge in [0.25, 0.3) is 5.91 Å². The molecule has 0 unspecified atom stereocenters. The lowest BCUT2D eigenvalue weighted by Gasteiger charge is -2.20. The van der Waals surface area contributed by atoms with Crippen molar-refractivity contribution in [1.82, 2.24) is 10.2 Å². The number of amides is 1. The van der Waals surface area contributed by atoms with Gasteiger partial charge in [0.2, 0.25) is 0 Å². The minimum atomic E-state index is -0.0747. The summed E-state index contributed by atoms with van der Waals surface area (Å²) in [7, 11) is 0. The minimum absolute atomic E-state index is 0.0747. The van der Waals surface area contributed by atoms with Gasteiger partial charge in [0.05, 0.1) is 0 Å². The molecule has 1 saturated heterocycles. The summed E-state index contributed by atoms with van der Waals surface area (Å²) in [4.78, 5) is 16.4. The Hall–Kier alpha value is -1.92. The molecule has 1 heterocycles. The van der Waals surface area contributed by atoms with E-state index in [1.54, 1.807) is 4.90 Å². The van der Waals surface area contributed by atoms with Crippen LogP contribution in [-0.2, 0) is 9.53 Å². The number of rotatable bonds is 9. The minimum Gasteiger partial charge on any atom is -0.382 e. The maximum atomic E-state index is 12.5. The van der Waals surface area contributed by atoms with Crippen LogP contribution in [0, 0.1) is 0 Å². The largest absolute Gasteiger partial charge is 0.382 e. The van der Waals surface area contributed by atoms with Crippen molar-refractivity contribution in [1.29, 1.82) is 0 Å². The lowest BCUT2D eigenvalue weighted by atomic mass is 10.1. The number of ether oxygens (including phenoxy) is 1. The second-order valence-electron chi connectivity index (χ2n) is 5.76. The number of nitrogens with zero attached hydrogens (tertiary/aromatic N) is 2. The summed E-state index contributed by atoms with van der Waals surface area (Å²) in [5.41, 5.74) is 2.69. The summed E-state index contributed by atoms with van der Waals surface area (Å²) >= 11 is 5.28. The van der Waals surface area contributed by atoms with Gasteiger partial charge in [0.15, 0.2) is 5.11 Å². The van der Waals surface area contributed by atoms with Gasteiger partial charge in [-0.25, -0.2) is 0 Å². The molecule has 2 rings (SSSR count). The fraction of sp³-hybridized carbons (Fsp3) is 0.474. The van der Waals surface area contributed by atoms with Crippen LogP contribution < -0.4 is 10.2 Å². The van der Waals surface area contributed by atoms with Crippen LogP contribution in [0.5, 0.6) is 0 Å². The van der Waals surface area contributed by atoms with Gasteiger partial charge in [0, 0.05) is 38.5 Å². The van der Waals surface area contributed by atoms with E-state index in [9.17, 15) is 4.79 Å². The molecule has 0 aliphatic carbocycles. The molecule has 1 aromatic rings. The maximum Gasteiger partial charge on any atom is 0.276 e. The highest BCUT2D eigenvalue weighted by molar-refractivity contribution is 7.80. The lowest BCUT2D eigenvalue weighted by molar-refractivity contribution is -0.122. The predicted octanol–water partition coefficient (Wildman–Crippen LogP) is 3.02. The molecule has 1 N–H and O–H groups in total. The molecule has 0 radical (unpaired) electrons. The lowest BCUT2D eigenvalue weighted by Crippen LogP contribution is -2.32. The summed E-state index contributed by atoms with van der Waals surface area (Å²) in [6.07, 6.45) is 2.62. The first-order chi connectivity index (χ1) is 12.1. The highest BCUT2D eigenvalue weighted by Crippen LogP contribution is 2.18. The molecule has 0 spiro atoms. The van der Waals surface area contributed by atoms with Crippen LogP contribution in [0.3, 0.4) is 0 Å². The Morgan fingerprint density at radius 1 is 1.20 bits per heavy atom. The topological polar surface area (TPSA) is 44.8 Å². The van der Waals surface area contributed by atoms with E-state index in [0.717, 1.165) is 25.1 Å². The Kier molecular flexibility index (Phi) is 7.40. The quantitative estimate of drug-likeness (QED) is 0.416. The Bertz CT molecular complexity index is 624. The van der Waals surface area contributed by atoms with Crippen molar-refractivity contribution in [3.8, 4) is 0 Å². The molecule has 25 heavy (non-hydrogen) atoms. The van der Waals surface area contributed by atoms with Gasteiger partial charge in [-0.15, -0.1) is 0 Å². The molecule has 0 bridgehead atoms. The maximum absolute atomic E-state index is 12.5. The Morgan fingerprint density at radius 3 is 2.48 bits per heavy atom. The number of hydrogen-bond donors (Lipinski definition) is 1. The molecule has 1 aromatic carbocycles. The van der Waals surface area contributed by atoms with Gasteiger partial charge in [-0.3, -0.25) is 9.69 Å². The second-order valence-corrected chi connectivity index (χ2v) is 6.15. The van der Waals surface area contributed by atoms with E-state index in [4.69, 9.17) is 17.0 Å². The zero-order valence-electron chi connectivity index (χ0n) is 15.2. The third-order valence-electron chi connectivity index (χ3n) is 4.17. The molecular weight excluding hydrogens is 334 g/mol. The fourth-order valence-corrected chi connectivity index (χ4v) is 3.06. The number of hydrogen-bond acceptors (Lipinski definition) is 4. The van der Waals surface area contributed by atoms with Gasteiger partial charge in [-0.05, 0) is 63.2 Å². The van der Waals surface area contributed by atoms with Gasteiger partial charge in [-0.1, -0.05) is 12.1 Å². The van der Waals surface area contributed by atoms with Crippen molar-refractivity contribution in [2.75, 3.05) is 37.7 Å². The molecule has 1 fully saturated rings. The van der Waals surface area contributed by atoms with E-state index in [1.165, 1.54) is 5.69 Å². The Balaban J connectivity index is 2.03. The van der Waals surface area contributed by atoms with Crippen LogP contribution in [0.1, 0.15) is 32.8 Å². The third-order valence-corrected chi connectivity index (χ3v) is 4.49. The van der Waals surface area contributed by atoms with Crippen LogP contribution in [-0.4, -0.2) is 48.8 Å². The van der Waals surface area contributed by atoms with E-state index >= 15 is 0 Å². The fourth-order valence-electron chi connectivity index (χ4n) is 2.78. The van der Waals surface area contributed by atoms with E-state index in [2.05, 4.69) is 36.2 Å². The zero-order valence-corrected chi connectivity index (χ0v) is 16.1. The Labute approximate surface area is 155 Å². The van der Waals surface area contributed by atoms with Crippen LogP contribution in [0.4, 0.5) is 5.69 Å².